The first-order chi connectivity index (χ1) is 21.7. The zero-order valence-corrected chi connectivity index (χ0v) is 26.6. The van der Waals surface area contributed by atoms with Crippen LogP contribution < -0.4 is 15.5 Å². The highest BCUT2D eigenvalue weighted by atomic mass is 15.2. The van der Waals surface area contributed by atoms with E-state index in [2.05, 4.69) is 120 Å². The standard InChI is InChI=1S/C38H43N7/c1-22-16-32(39-20-22)36-41-28-12-6-24(18-30(28)43-36)34-14-15-35(45(34)27-10-8-26(9-11-27)38(3,4)5)25-7-13-29-31(19-25)44-37(42-29)33-17-23(2)21-40-33/h6-13,18-19,32-35,39-40H,1-2,14-17,20-21H2,3-5H3,(H,41,43)(H,42,44)/t32-,33-,34+,35+/m0/s1. The molecule has 230 valence electrons. The first-order valence-electron chi connectivity index (χ1n) is 16.4. The van der Waals surface area contributed by atoms with E-state index in [-0.39, 0.29) is 29.6 Å². The number of imidazole rings is 2. The summed E-state index contributed by atoms with van der Waals surface area (Å²) in [5, 5.41) is 7.07. The van der Waals surface area contributed by atoms with E-state index < -0.39 is 0 Å². The van der Waals surface area contributed by atoms with Crippen molar-refractivity contribution >= 4 is 27.8 Å². The Bertz CT molecular complexity index is 1810. The number of fused-ring (bicyclic) bond motifs is 2. The fraction of sp³-hybridized carbons (Fsp3) is 0.368. The topological polar surface area (TPSA) is 84.7 Å². The van der Waals surface area contributed by atoms with E-state index >= 15 is 0 Å². The van der Waals surface area contributed by atoms with Crippen molar-refractivity contribution < 1.29 is 0 Å². The molecule has 3 aliphatic heterocycles. The molecule has 3 fully saturated rings. The van der Waals surface area contributed by atoms with Gasteiger partial charge in [-0.3, -0.25) is 0 Å². The van der Waals surface area contributed by atoms with E-state index in [4.69, 9.17) is 9.97 Å². The van der Waals surface area contributed by atoms with Crippen molar-refractivity contribution in [2.24, 2.45) is 0 Å². The maximum Gasteiger partial charge on any atom is 0.124 e. The van der Waals surface area contributed by atoms with Crippen LogP contribution in [0.5, 0.6) is 0 Å². The lowest BCUT2D eigenvalue weighted by molar-refractivity contribution is 0.589. The molecule has 3 saturated heterocycles. The van der Waals surface area contributed by atoms with E-state index in [1.165, 1.54) is 33.5 Å². The Balaban J connectivity index is 1.15. The Morgan fingerprint density at radius 2 is 1.18 bits per heavy atom. The van der Waals surface area contributed by atoms with Crippen LogP contribution >= 0.6 is 0 Å². The second kappa shape index (κ2) is 10.7. The van der Waals surface area contributed by atoms with Crippen LogP contribution in [0.25, 0.3) is 22.1 Å². The molecule has 0 bridgehead atoms. The molecular formula is C38H43N7. The van der Waals surface area contributed by atoms with Crippen LogP contribution in [0, 0.1) is 0 Å². The van der Waals surface area contributed by atoms with Gasteiger partial charge in [0.25, 0.3) is 0 Å². The van der Waals surface area contributed by atoms with Crippen LogP contribution in [0.1, 0.15) is 99.0 Å². The second-order valence-corrected chi connectivity index (χ2v) is 14.4. The number of nitrogens with one attached hydrogen (secondary N) is 4. The second-order valence-electron chi connectivity index (χ2n) is 14.4. The highest BCUT2D eigenvalue weighted by molar-refractivity contribution is 5.78. The summed E-state index contributed by atoms with van der Waals surface area (Å²) in [6, 6.07) is 23.8. The zero-order chi connectivity index (χ0) is 30.9. The summed E-state index contributed by atoms with van der Waals surface area (Å²) in [7, 11) is 0. The molecule has 4 atom stereocenters. The monoisotopic (exact) mass is 597 g/mol. The summed E-state index contributed by atoms with van der Waals surface area (Å²) in [5.74, 6) is 2.01. The molecule has 0 aliphatic carbocycles. The number of aromatic nitrogens is 4. The lowest BCUT2D eigenvalue weighted by Gasteiger charge is -2.34. The summed E-state index contributed by atoms with van der Waals surface area (Å²) in [6.45, 7) is 16.9. The Hall–Kier alpha value is -4.20. The van der Waals surface area contributed by atoms with Crippen molar-refractivity contribution in [1.82, 2.24) is 30.6 Å². The smallest absolute Gasteiger partial charge is 0.124 e. The van der Waals surface area contributed by atoms with E-state index in [0.717, 1.165) is 72.5 Å². The van der Waals surface area contributed by atoms with Crippen molar-refractivity contribution in [2.45, 2.75) is 76.0 Å². The van der Waals surface area contributed by atoms with Gasteiger partial charge in [-0.05, 0) is 84.2 Å². The summed E-state index contributed by atoms with van der Waals surface area (Å²) in [6.07, 6.45) is 4.01. The number of nitrogens with zero attached hydrogens (tertiary/aromatic N) is 3. The molecular weight excluding hydrogens is 554 g/mol. The Kier molecular flexibility index (Phi) is 6.73. The third-order valence-electron chi connectivity index (χ3n) is 10.1. The fourth-order valence-electron chi connectivity index (χ4n) is 7.59. The minimum Gasteiger partial charge on any atom is -0.357 e. The highest BCUT2D eigenvalue weighted by Gasteiger charge is 2.36. The quantitative estimate of drug-likeness (QED) is 0.154. The third kappa shape index (κ3) is 5.18. The molecule has 0 saturated carbocycles. The van der Waals surface area contributed by atoms with Crippen molar-refractivity contribution in [3.05, 3.63) is 113 Å². The number of rotatable bonds is 5. The zero-order valence-electron chi connectivity index (χ0n) is 26.6. The molecule has 3 aliphatic rings. The minimum absolute atomic E-state index is 0.107. The molecule has 5 aromatic rings. The van der Waals surface area contributed by atoms with E-state index in [0.29, 0.717) is 0 Å². The maximum absolute atomic E-state index is 4.94. The van der Waals surface area contributed by atoms with Crippen LogP contribution in [0.15, 0.2) is 85.0 Å². The Morgan fingerprint density at radius 1 is 0.689 bits per heavy atom. The number of hydrogen-bond donors (Lipinski definition) is 4. The van der Waals surface area contributed by atoms with Crippen LogP contribution in [-0.2, 0) is 5.41 Å². The van der Waals surface area contributed by atoms with Gasteiger partial charge in [-0.1, -0.05) is 69.3 Å². The summed E-state index contributed by atoms with van der Waals surface area (Å²) in [5.41, 5.74) is 12.1. The molecule has 0 unspecified atom stereocenters. The number of anilines is 1. The number of hydrogen-bond acceptors (Lipinski definition) is 5. The van der Waals surface area contributed by atoms with Gasteiger partial charge in [0.05, 0.1) is 46.2 Å². The maximum atomic E-state index is 4.94. The van der Waals surface area contributed by atoms with Crippen molar-refractivity contribution in [3.8, 4) is 0 Å². The predicted molar refractivity (Wildman–Crippen MR) is 184 cm³/mol. The van der Waals surface area contributed by atoms with Gasteiger partial charge in [0.1, 0.15) is 11.6 Å². The molecule has 7 nitrogen and oxygen atoms in total. The normalized spacial score (nSPS) is 24.1. The summed E-state index contributed by atoms with van der Waals surface area (Å²) in [4.78, 5) is 19.8. The van der Waals surface area contributed by atoms with Crippen molar-refractivity contribution in [2.75, 3.05) is 18.0 Å². The first-order valence-corrected chi connectivity index (χ1v) is 16.4. The number of benzene rings is 3. The predicted octanol–water partition coefficient (Wildman–Crippen LogP) is 8.00. The summed E-state index contributed by atoms with van der Waals surface area (Å²) >= 11 is 0. The molecule has 0 spiro atoms. The Labute approximate surface area is 265 Å². The van der Waals surface area contributed by atoms with Crippen molar-refractivity contribution in [1.29, 1.82) is 0 Å². The van der Waals surface area contributed by atoms with Crippen LogP contribution in [0.3, 0.4) is 0 Å². The molecule has 0 amide bonds. The number of aromatic amines is 2. The van der Waals surface area contributed by atoms with Gasteiger partial charge >= 0.3 is 0 Å². The van der Waals surface area contributed by atoms with E-state index in [1.807, 2.05) is 0 Å². The molecule has 2 aromatic heterocycles. The average molecular weight is 598 g/mol. The van der Waals surface area contributed by atoms with Gasteiger partial charge in [0.15, 0.2) is 0 Å². The van der Waals surface area contributed by atoms with E-state index in [9.17, 15) is 0 Å². The number of H-pyrrole nitrogens is 2. The Morgan fingerprint density at radius 3 is 1.60 bits per heavy atom. The molecule has 3 aromatic carbocycles. The third-order valence-corrected chi connectivity index (χ3v) is 10.1. The lowest BCUT2D eigenvalue weighted by Crippen LogP contribution is -2.26. The fourth-order valence-corrected chi connectivity index (χ4v) is 7.59. The average Bonchev–Trinajstić information content (AvgIpc) is 3.85. The van der Waals surface area contributed by atoms with Gasteiger partial charge in [-0.25, -0.2) is 9.97 Å². The van der Waals surface area contributed by atoms with Crippen LogP contribution in [0.2, 0.25) is 0 Å². The summed E-state index contributed by atoms with van der Waals surface area (Å²) < 4.78 is 0. The van der Waals surface area contributed by atoms with Crippen molar-refractivity contribution in [3.63, 3.8) is 0 Å². The largest absolute Gasteiger partial charge is 0.357 e. The SMILES string of the molecule is C=C1CN[C@H](c2nc3ccc([C@H]4CC[C@H](c5ccc6nc([C@@H]7CC(=C)CN7)[nH]c6c5)N4c4ccc(C(C)(C)C)cc4)cc3[nH]2)C1. The molecule has 5 heterocycles. The highest BCUT2D eigenvalue weighted by Crippen LogP contribution is 2.48. The molecule has 45 heavy (non-hydrogen) atoms. The van der Waals surface area contributed by atoms with Crippen LogP contribution in [0.4, 0.5) is 5.69 Å². The molecule has 7 heteroatoms. The van der Waals surface area contributed by atoms with Gasteiger partial charge in [-0.15, -0.1) is 0 Å². The minimum atomic E-state index is 0.107. The van der Waals surface area contributed by atoms with Gasteiger partial charge in [0, 0.05) is 18.8 Å². The van der Waals surface area contributed by atoms with Crippen LogP contribution in [-0.4, -0.2) is 33.0 Å². The van der Waals surface area contributed by atoms with E-state index in [1.54, 1.807) is 0 Å². The lowest BCUT2D eigenvalue weighted by atomic mass is 9.87. The van der Waals surface area contributed by atoms with Gasteiger partial charge in [0.2, 0.25) is 0 Å². The molecule has 4 N–H and O–H groups in total. The van der Waals surface area contributed by atoms with Gasteiger partial charge < -0.3 is 25.5 Å². The van der Waals surface area contributed by atoms with Gasteiger partial charge in [-0.2, -0.15) is 0 Å². The molecule has 0 radical (unpaired) electrons. The first kappa shape index (κ1) is 28.3. The molecule has 8 rings (SSSR count).